The lowest BCUT2D eigenvalue weighted by Gasteiger charge is -2.12. The first kappa shape index (κ1) is 16.3. The van der Waals surface area contributed by atoms with E-state index in [9.17, 15) is 4.79 Å². The number of urea groups is 1. The summed E-state index contributed by atoms with van der Waals surface area (Å²) < 4.78 is 12.2. The van der Waals surface area contributed by atoms with Crippen LogP contribution in [0.3, 0.4) is 0 Å². The highest BCUT2D eigenvalue weighted by Gasteiger charge is 2.17. The molecule has 0 bridgehead atoms. The molecule has 2 heterocycles. The Morgan fingerprint density at radius 1 is 1.42 bits per heavy atom. The summed E-state index contributed by atoms with van der Waals surface area (Å²) in [5.74, 6) is 1.79. The number of methoxy groups -OCH3 is 1. The topological polar surface area (TPSA) is 77.4 Å². The second-order valence-electron chi connectivity index (χ2n) is 5.85. The molecule has 3 rings (SSSR count). The van der Waals surface area contributed by atoms with Gasteiger partial charge >= 0.3 is 6.03 Å². The summed E-state index contributed by atoms with van der Waals surface area (Å²) in [6.07, 6.45) is 0.989. The highest BCUT2D eigenvalue weighted by molar-refractivity contribution is 5.88. The number of hydrogen-bond donors (Lipinski definition) is 2. The van der Waals surface area contributed by atoms with Gasteiger partial charge in [0.1, 0.15) is 11.6 Å². The van der Waals surface area contributed by atoms with Gasteiger partial charge in [0.25, 0.3) is 0 Å². The third kappa shape index (κ3) is 3.86. The number of aromatic nitrogens is 2. The maximum atomic E-state index is 12.1. The number of nitrogens with one attached hydrogen (secondary N) is 2. The molecular formula is C17H22N4O3. The Morgan fingerprint density at radius 2 is 2.21 bits per heavy atom. The van der Waals surface area contributed by atoms with Crippen LogP contribution >= 0.6 is 0 Å². The molecule has 7 heteroatoms. The van der Waals surface area contributed by atoms with Crippen molar-refractivity contribution in [3.63, 3.8) is 0 Å². The van der Waals surface area contributed by atoms with Crippen LogP contribution in [-0.4, -0.2) is 42.7 Å². The van der Waals surface area contributed by atoms with Gasteiger partial charge in [-0.25, -0.2) is 9.48 Å². The summed E-state index contributed by atoms with van der Waals surface area (Å²) in [7, 11) is 1.62. The van der Waals surface area contributed by atoms with Crippen molar-refractivity contribution in [3.8, 4) is 11.4 Å². The van der Waals surface area contributed by atoms with Crippen LogP contribution in [0, 0.1) is 12.8 Å². The number of anilines is 1. The Balaban J connectivity index is 1.67. The molecule has 0 aliphatic carbocycles. The van der Waals surface area contributed by atoms with E-state index in [0.717, 1.165) is 30.2 Å². The highest BCUT2D eigenvalue weighted by Crippen LogP contribution is 2.20. The van der Waals surface area contributed by atoms with Crippen LogP contribution < -0.4 is 15.4 Å². The van der Waals surface area contributed by atoms with E-state index < -0.39 is 0 Å². The predicted octanol–water partition coefficient (Wildman–Crippen LogP) is 2.35. The standard InChI is InChI=1S/C17H22N4O3/c1-12-9-16(19-17(22)18-10-13-7-8-24-11-13)21(20-12)14-3-5-15(23-2)6-4-14/h3-6,9,13H,7-8,10-11H2,1-2H3,(H2,18,19,22)/t13-/m0/s1. The van der Waals surface area contributed by atoms with Crippen molar-refractivity contribution >= 4 is 11.8 Å². The Bertz CT molecular complexity index is 690. The van der Waals surface area contributed by atoms with E-state index in [-0.39, 0.29) is 6.03 Å². The smallest absolute Gasteiger partial charge is 0.320 e. The average Bonchev–Trinajstić information content (AvgIpc) is 3.23. The second kappa shape index (κ2) is 7.35. The Hall–Kier alpha value is -2.54. The quantitative estimate of drug-likeness (QED) is 0.882. The molecule has 24 heavy (non-hydrogen) atoms. The van der Waals surface area contributed by atoms with E-state index in [1.54, 1.807) is 11.8 Å². The van der Waals surface area contributed by atoms with E-state index in [4.69, 9.17) is 9.47 Å². The van der Waals surface area contributed by atoms with Crippen molar-refractivity contribution in [1.82, 2.24) is 15.1 Å². The predicted molar refractivity (Wildman–Crippen MR) is 90.8 cm³/mol. The molecule has 1 aliphatic heterocycles. The Labute approximate surface area is 140 Å². The van der Waals surface area contributed by atoms with E-state index in [1.165, 1.54) is 0 Å². The van der Waals surface area contributed by atoms with Gasteiger partial charge in [-0.1, -0.05) is 0 Å². The molecule has 2 aromatic rings. The minimum absolute atomic E-state index is 0.239. The number of hydrogen-bond acceptors (Lipinski definition) is 4. The zero-order valence-corrected chi connectivity index (χ0v) is 13.9. The third-order valence-corrected chi connectivity index (χ3v) is 3.97. The lowest BCUT2D eigenvalue weighted by atomic mass is 10.1. The summed E-state index contributed by atoms with van der Waals surface area (Å²) in [5, 5.41) is 10.2. The number of carbonyl (C=O) groups is 1. The van der Waals surface area contributed by atoms with Gasteiger partial charge in [0.15, 0.2) is 0 Å². The van der Waals surface area contributed by atoms with Crippen molar-refractivity contribution in [2.75, 3.05) is 32.2 Å². The molecule has 1 fully saturated rings. The summed E-state index contributed by atoms with van der Waals surface area (Å²) in [6, 6.07) is 9.10. The largest absolute Gasteiger partial charge is 0.497 e. The minimum atomic E-state index is -0.239. The molecule has 2 amide bonds. The number of rotatable bonds is 5. The molecule has 1 aromatic carbocycles. The van der Waals surface area contributed by atoms with Gasteiger partial charge in [0, 0.05) is 25.1 Å². The van der Waals surface area contributed by atoms with Crippen molar-refractivity contribution in [2.45, 2.75) is 13.3 Å². The van der Waals surface area contributed by atoms with E-state index in [1.807, 2.05) is 37.3 Å². The highest BCUT2D eigenvalue weighted by atomic mass is 16.5. The van der Waals surface area contributed by atoms with Gasteiger partial charge in [-0.3, -0.25) is 5.32 Å². The van der Waals surface area contributed by atoms with Gasteiger partial charge in [-0.05, 0) is 37.6 Å². The molecule has 7 nitrogen and oxygen atoms in total. The maximum absolute atomic E-state index is 12.1. The number of benzene rings is 1. The molecule has 1 aromatic heterocycles. The third-order valence-electron chi connectivity index (χ3n) is 3.97. The van der Waals surface area contributed by atoms with Gasteiger partial charge in [0.05, 0.1) is 25.1 Å². The van der Waals surface area contributed by atoms with Gasteiger partial charge in [0.2, 0.25) is 0 Å². The van der Waals surface area contributed by atoms with Crippen LogP contribution in [-0.2, 0) is 4.74 Å². The van der Waals surface area contributed by atoms with Gasteiger partial charge in [-0.2, -0.15) is 5.10 Å². The number of aryl methyl sites for hydroxylation is 1. The summed E-state index contributed by atoms with van der Waals surface area (Å²) in [4.78, 5) is 12.1. The summed E-state index contributed by atoms with van der Waals surface area (Å²) >= 11 is 0. The monoisotopic (exact) mass is 330 g/mol. The first-order chi connectivity index (χ1) is 11.7. The molecule has 1 saturated heterocycles. The number of carbonyl (C=O) groups excluding carboxylic acids is 1. The number of amides is 2. The fourth-order valence-electron chi connectivity index (χ4n) is 2.65. The van der Waals surface area contributed by atoms with Crippen LogP contribution in [0.25, 0.3) is 5.69 Å². The first-order valence-electron chi connectivity index (χ1n) is 7.99. The molecular weight excluding hydrogens is 308 g/mol. The van der Waals surface area contributed by atoms with Crippen LogP contribution in [0.15, 0.2) is 30.3 Å². The lowest BCUT2D eigenvalue weighted by Crippen LogP contribution is -2.33. The van der Waals surface area contributed by atoms with Crippen molar-refractivity contribution < 1.29 is 14.3 Å². The van der Waals surface area contributed by atoms with Gasteiger partial charge in [-0.15, -0.1) is 0 Å². The second-order valence-corrected chi connectivity index (χ2v) is 5.85. The van der Waals surface area contributed by atoms with Crippen molar-refractivity contribution in [2.24, 2.45) is 5.92 Å². The zero-order valence-electron chi connectivity index (χ0n) is 13.9. The zero-order chi connectivity index (χ0) is 16.9. The molecule has 0 radical (unpaired) electrons. The molecule has 128 valence electrons. The fraction of sp³-hybridized carbons (Fsp3) is 0.412. The molecule has 2 N–H and O–H groups in total. The molecule has 0 spiro atoms. The Kier molecular flexibility index (Phi) is 5.00. The molecule has 0 unspecified atom stereocenters. The number of ether oxygens (including phenoxy) is 2. The van der Waals surface area contributed by atoms with Crippen LogP contribution in [0.2, 0.25) is 0 Å². The van der Waals surface area contributed by atoms with Crippen molar-refractivity contribution in [3.05, 3.63) is 36.0 Å². The summed E-state index contributed by atoms with van der Waals surface area (Å²) in [5.41, 5.74) is 1.67. The number of nitrogens with zero attached hydrogens (tertiary/aromatic N) is 2. The van der Waals surface area contributed by atoms with E-state index >= 15 is 0 Å². The SMILES string of the molecule is COc1ccc(-n2nc(C)cc2NC(=O)NC[C@@H]2CCOC2)cc1. The maximum Gasteiger partial charge on any atom is 0.320 e. The molecule has 1 atom stereocenters. The van der Waals surface area contributed by atoms with Crippen LogP contribution in [0.5, 0.6) is 5.75 Å². The normalized spacial score (nSPS) is 16.8. The van der Waals surface area contributed by atoms with E-state index in [2.05, 4.69) is 15.7 Å². The van der Waals surface area contributed by atoms with Crippen molar-refractivity contribution in [1.29, 1.82) is 0 Å². The molecule has 1 aliphatic rings. The lowest BCUT2D eigenvalue weighted by molar-refractivity contribution is 0.185. The van der Waals surface area contributed by atoms with Crippen LogP contribution in [0.4, 0.5) is 10.6 Å². The van der Waals surface area contributed by atoms with Crippen LogP contribution in [0.1, 0.15) is 12.1 Å². The first-order valence-corrected chi connectivity index (χ1v) is 7.99. The summed E-state index contributed by atoms with van der Waals surface area (Å²) in [6.45, 7) is 3.99. The minimum Gasteiger partial charge on any atom is -0.497 e. The van der Waals surface area contributed by atoms with Gasteiger partial charge < -0.3 is 14.8 Å². The Morgan fingerprint density at radius 3 is 2.88 bits per heavy atom. The molecule has 0 saturated carbocycles. The van der Waals surface area contributed by atoms with E-state index in [0.29, 0.717) is 24.9 Å². The fourth-order valence-corrected chi connectivity index (χ4v) is 2.65. The average molecular weight is 330 g/mol.